The van der Waals surface area contributed by atoms with E-state index in [0.717, 1.165) is 10.9 Å². The van der Waals surface area contributed by atoms with Crippen LogP contribution >= 0.6 is 0 Å². The van der Waals surface area contributed by atoms with Crippen LogP contribution in [0, 0.1) is 6.92 Å². The topological polar surface area (TPSA) is 91.0 Å². The van der Waals surface area contributed by atoms with Gasteiger partial charge in [-0.25, -0.2) is 0 Å². The molecule has 2 aromatic rings. The minimum absolute atomic E-state index is 0.224. The highest BCUT2D eigenvalue weighted by Gasteiger charge is 2.18. The van der Waals surface area contributed by atoms with E-state index in [9.17, 15) is 9.59 Å². The van der Waals surface area contributed by atoms with Crippen LogP contribution in [0.25, 0.3) is 11.0 Å². The van der Waals surface area contributed by atoms with Crippen molar-refractivity contribution in [2.45, 2.75) is 13.5 Å². The number of hydrogen-bond donors (Lipinski definition) is 2. The summed E-state index contributed by atoms with van der Waals surface area (Å²) in [6, 6.07) is 7.41. The highest BCUT2D eigenvalue weighted by molar-refractivity contribution is 5.82. The van der Waals surface area contributed by atoms with Gasteiger partial charge in [-0.2, -0.15) is 0 Å². The van der Waals surface area contributed by atoms with Crippen molar-refractivity contribution >= 4 is 22.9 Å². The molecule has 0 radical (unpaired) electrons. The Labute approximate surface area is 115 Å². The molecule has 0 unspecified atom stereocenters. The second-order valence-electron chi connectivity index (χ2n) is 4.57. The van der Waals surface area contributed by atoms with Gasteiger partial charge >= 0.3 is 11.9 Å². The molecule has 0 aliphatic rings. The van der Waals surface area contributed by atoms with Gasteiger partial charge < -0.3 is 14.6 Å². The number of aliphatic carboxylic acids is 2. The van der Waals surface area contributed by atoms with E-state index in [1.165, 1.54) is 4.90 Å². The number of nitrogens with zero attached hydrogens (tertiary/aromatic N) is 1. The van der Waals surface area contributed by atoms with Crippen molar-refractivity contribution < 1.29 is 24.2 Å². The fourth-order valence-corrected chi connectivity index (χ4v) is 2.19. The fourth-order valence-electron chi connectivity index (χ4n) is 2.19. The van der Waals surface area contributed by atoms with Crippen molar-refractivity contribution in [1.29, 1.82) is 0 Å². The molecule has 20 heavy (non-hydrogen) atoms. The maximum absolute atomic E-state index is 10.8. The molecule has 6 nitrogen and oxygen atoms in total. The van der Waals surface area contributed by atoms with Gasteiger partial charge in [0.05, 0.1) is 13.1 Å². The van der Waals surface area contributed by atoms with Crippen molar-refractivity contribution in [3.05, 3.63) is 35.6 Å². The maximum atomic E-state index is 10.8. The summed E-state index contributed by atoms with van der Waals surface area (Å²) in [5.74, 6) is -1.44. The second kappa shape index (κ2) is 5.75. The molecule has 2 N–H and O–H groups in total. The zero-order chi connectivity index (χ0) is 14.7. The van der Waals surface area contributed by atoms with Crippen molar-refractivity contribution in [3.8, 4) is 0 Å². The fraction of sp³-hybridized carbons (Fsp3) is 0.286. The summed E-state index contributed by atoms with van der Waals surface area (Å²) in [6.07, 6.45) is 0. The largest absolute Gasteiger partial charge is 0.480 e. The van der Waals surface area contributed by atoms with Gasteiger partial charge in [0.15, 0.2) is 0 Å². The molecule has 0 saturated carbocycles. The minimum atomic E-state index is -1.06. The number of carbonyl (C=O) groups is 2. The van der Waals surface area contributed by atoms with Gasteiger partial charge in [-0.1, -0.05) is 18.2 Å². The predicted molar refractivity (Wildman–Crippen MR) is 71.5 cm³/mol. The number of fused-ring (bicyclic) bond motifs is 1. The van der Waals surface area contributed by atoms with Crippen LogP contribution in [0.5, 0.6) is 0 Å². The highest BCUT2D eigenvalue weighted by atomic mass is 16.4. The summed E-state index contributed by atoms with van der Waals surface area (Å²) in [4.78, 5) is 23.0. The summed E-state index contributed by atoms with van der Waals surface area (Å²) in [7, 11) is 0. The third-order valence-electron chi connectivity index (χ3n) is 3.00. The van der Waals surface area contributed by atoms with Crippen LogP contribution in [-0.2, 0) is 16.1 Å². The van der Waals surface area contributed by atoms with Crippen molar-refractivity contribution in [1.82, 2.24) is 4.90 Å². The van der Waals surface area contributed by atoms with Gasteiger partial charge in [-0.15, -0.1) is 0 Å². The van der Waals surface area contributed by atoms with Crippen LogP contribution in [0.15, 0.2) is 28.7 Å². The summed E-state index contributed by atoms with van der Waals surface area (Å²) >= 11 is 0. The molecule has 1 aromatic carbocycles. The van der Waals surface area contributed by atoms with Gasteiger partial charge in [0.1, 0.15) is 11.3 Å². The zero-order valence-electron chi connectivity index (χ0n) is 11.0. The van der Waals surface area contributed by atoms with E-state index in [1.54, 1.807) is 6.92 Å². The Hall–Kier alpha value is -2.34. The Morgan fingerprint density at radius 3 is 2.35 bits per heavy atom. The normalized spacial score (nSPS) is 11.1. The third-order valence-corrected chi connectivity index (χ3v) is 3.00. The summed E-state index contributed by atoms with van der Waals surface area (Å²) in [6.45, 7) is 1.35. The molecule has 0 aliphatic heterocycles. The Morgan fingerprint density at radius 2 is 1.75 bits per heavy atom. The molecule has 0 amide bonds. The lowest BCUT2D eigenvalue weighted by atomic mass is 10.1. The lowest BCUT2D eigenvalue weighted by Gasteiger charge is -2.17. The Balaban J connectivity index is 2.29. The van der Waals surface area contributed by atoms with E-state index >= 15 is 0 Å². The van der Waals surface area contributed by atoms with E-state index in [2.05, 4.69) is 0 Å². The molecule has 2 rings (SSSR count). The molecule has 0 saturated heterocycles. The Morgan fingerprint density at radius 1 is 1.15 bits per heavy atom. The highest BCUT2D eigenvalue weighted by Crippen LogP contribution is 2.26. The SMILES string of the molecule is Cc1oc2ccccc2c1CN(CC(=O)O)CC(=O)O. The lowest BCUT2D eigenvalue weighted by molar-refractivity contribution is -0.142. The smallest absolute Gasteiger partial charge is 0.317 e. The van der Waals surface area contributed by atoms with Crippen LogP contribution in [0.3, 0.4) is 0 Å². The van der Waals surface area contributed by atoms with E-state index in [-0.39, 0.29) is 19.6 Å². The average molecular weight is 277 g/mol. The molecule has 0 fully saturated rings. The number of aryl methyl sites for hydroxylation is 1. The molecule has 1 aromatic heterocycles. The van der Waals surface area contributed by atoms with Crippen molar-refractivity contribution in [2.75, 3.05) is 13.1 Å². The zero-order valence-corrected chi connectivity index (χ0v) is 11.0. The maximum Gasteiger partial charge on any atom is 0.317 e. The van der Waals surface area contributed by atoms with E-state index in [4.69, 9.17) is 14.6 Å². The molecular formula is C14H15NO5. The second-order valence-corrected chi connectivity index (χ2v) is 4.57. The van der Waals surface area contributed by atoms with Gasteiger partial charge in [0.25, 0.3) is 0 Å². The first kappa shape index (κ1) is 14.1. The summed E-state index contributed by atoms with van der Waals surface area (Å²) in [5, 5.41) is 18.6. The number of carboxylic acid groups (broad SMARTS) is 2. The predicted octanol–water partition coefficient (Wildman–Crippen LogP) is 1.71. The van der Waals surface area contributed by atoms with Crippen LogP contribution in [0.2, 0.25) is 0 Å². The number of rotatable bonds is 6. The molecule has 0 spiro atoms. The molecule has 0 atom stereocenters. The van der Waals surface area contributed by atoms with Crippen molar-refractivity contribution in [2.24, 2.45) is 0 Å². The van der Waals surface area contributed by atoms with Gasteiger partial charge in [-0.3, -0.25) is 14.5 Å². The standard InChI is InChI=1S/C14H15NO5/c1-9-11(10-4-2-3-5-12(10)20-9)6-15(7-13(16)17)8-14(18)19/h2-5H,6-8H2,1H3,(H,16,17)(H,18,19). The number of hydrogen-bond acceptors (Lipinski definition) is 4. The number of carboxylic acids is 2. The molecule has 1 heterocycles. The van der Waals surface area contributed by atoms with E-state index in [1.807, 2.05) is 24.3 Å². The van der Waals surface area contributed by atoms with E-state index < -0.39 is 11.9 Å². The first-order valence-electron chi connectivity index (χ1n) is 6.10. The lowest BCUT2D eigenvalue weighted by Crippen LogP contribution is -2.34. The summed E-state index contributed by atoms with van der Waals surface area (Å²) < 4.78 is 5.59. The summed E-state index contributed by atoms with van der Waals surface area (Å²) in [5.41, 5.74) is 1.54. The third kappa shape index (κ3) is 3.16. The molecule has 0 aliphatic carbocycles. The monoisotopic (exact) mass is 277 g/mol. The van der Waals surface area contributed by atoms with Crippen LogP contribution < -0.4 is 0 Å². The van der Waals surface area contributed by atoms with Crippen LogP contribution in [0.4, 0.5) is 0 Å². The number of benzene rings is 1. The number of furan rings is 1. The molecule has 6 heteroatoms. The van der Waals surface area contributed by atoms with Gasteiger partial charge in [0, 0.05) is 17.5 Å². The van der Waals surface area contributed by atoms with Crippen LogP contribution in [-0.4, -0.2) is 40.1 Å². The molecular weight excluding hydrogens is 262 g/mol. The van der Waals surface area contributed by atoms with Crippen LogP contribution in [0.1, 0.15) is 11.3 Å². The Bertz CT molecular complexity index is 630. The Kier molecular flexibility index (Phi) is 4.05. The van der Waals surface area contributed by atoms with E-state index in [0.29, 0.717) is 11.3 Å². The van der Waals surface area contributed by atoms with Crippen molar-refractivity contribution in [3.63, 3.8) is 0 Å². The van der Waals surface area contributed by atoms with Gasteiger partial charge in [-0.05, 0) is 13.0 Å². The van der Waals surface area contributed by atoms with Gasteiger partial charge in [0.2, 0.25) is 0 Å². The molecule has 106 valence electrons. The number of para-hydroxylation sites is 1. The molecule has 0 bridgehead atoms. The minimum Gasteiger partial charge on any atom is -0.480 e. The average Bonchev–Trinajstić information content (AvgIpc) is 2.64. The first-order valence-corrected chi connectivity index (χ1v) is 6.10. The quantitative estimate of drug-likeness (QED) is 0.835. The first-order chi connectivity index (χ1) is 9.47.